The summed E-state index contributed by atoms with van der Waals surface area (Å²) in [6, 6.07) is 12.5. The Kier molecular flexibility index (Phi) is 3.83. The second kappa shape index (κ2) is 6.46. The van der Waals surface area contributed by atoms with Crippen LogP contribution in [-0.4, -0.2) is 27.6 Å². The summed E-state index contributed by atoms with van der Waals surface area (Å²) in [5, 5.41) is 5.65. The van der Waals surface area contributed by atoms with Crippen LogP contribution < -0.4 is 5.32 Å². The molecule has 128 valence electrons. The van der Waals surface area contributed by atoms with Gasteiger partial charge in [-0.3, -0.25) is 9.98 Å². The monoisotopic (exact) mass is 359 g/mol. The highest BCUT2D eigenvalue weighted by Gasteiger charge is 2.30. The van der Waals surface area contributed by atoms with Crippen LogP contribution in [0.25, 0.3) is 0 Å². The lowest BCUT2D eigenvalue weighted by atomic mass is 10.1. The normalized spacial score (nSPS) is 19.2. The molecule has 1 N–H and O–H groups in total. The first-order chi connectivity index (χ1) is 12.9. The minimum Gasteiger partial charge on any atom is -0.369 e. The zero-order valence-electron chi connectivity index (χ0n) is 14.0. The fourth-order valence-corrected chi connectivity index (χ4v) is 3.78. The maximum atomic E-state index is 5.16. The first-order valence-corrected chi connectivity index (χ1v) is 9.58. The number of amidine groups is 1. The Morgan fingerprint density at radius 1 is 1.00 bits per heavy atom. The standard InChI is InChI=1S/C20H17N5S/c1-3-15-18(16-4-2-12-26-16)24-17(13-7-10-21-11-8-13)20(23-14-5-6-14)25-19(15)22-9-1/h1-4,7-12,14,17H,5-6H2,(H,22,23,25). The van der Waals surface area contributed by atoms with Crippen molar-refractivity contribution in [2.75, 3.05) is 0 Å². The van der Waals surface area contributed by atoms with Crippen molar-refractivity contribution < 1.29 is 0 Å². The lowest BCUT2D eigenvalue weighted by Crippen LogP contribution is -2.30. The molecule has 1 unspecified atom stereocenters. The molecule has 1 aliphatic carbocycles. The van der Waals surface area contributed by atoms with E-state index < -0.39 is 0 Å². The summed E-state index contributed by atoms with van der Waals surface area (Å²) in [6.45, 7) is 0. The van der Waals surface area contributed by atoms with E-state index >= 15 is 0 Å². The Hall–Kier alpha value is -2.86. The van der Waals surface area contributed by atoms with Crippen LogP contribution >= 0.6 is 11.3 Å². The van der Waals surface area contributed by atoms with Crippen LogP contribution in [0.4, 0.5) is 5.82 Å². The van der Waals surface area contributed by atoms with E-state index in [1.165, 1.54) is 12.8 Å². The van der Waals surface area contributed by atoms with Gasteiger partial charge in [0.25, 0.3) is 0 Å². The third kappa shape index (κ3) is 2.93. The molecule has 5 nitrogen and oxygen atoms in total. The van der Waals surface area contributed by atoms with E-state index in [-0.39, 0.29) is 6.04 Å². The molecule has 2 aliphatic rings. The predicted octanol–water partition coefficient (Wildman–Crippen LogP) is 3.91. The second-order valence-electron chi connectivity index (χ2n) is 6.43. The Bertz CT molecular complexity index is 974. The molecule has 0 bridgehead atoms. The molecule has 0 aromatic carbocycles. The lowest BCUT2D eigenvalue weighted by molar-refractivity contribution is 0.827. The number of pyridine rings is 2. The van der Waals surface area contributed by atoms with Gasteiger partial charge in [0, 0.05) is 30.2 Å². The fraction of sp³-hybridized carbons (Fsp3) is 0.200. The molecule has 6 heteroatoms. The average Bonchev–Trinajstić information content (AvgIpc) is 3.37. The second-order valence-corrected chi connectivity index (χ2v) is 7.38. The third-order valence-electron chi connectivity index (χ3n) is 4.49. The number of hydrogen-bond acceptors (Lipinski definition) is 6. The van der Waals surface area contributed by atoms with Crippen LogP contribution in [0.3, 0.4) is 0 Å². The molecule has 0 spiro atoms. The Morgan fingerprint density at radius 3 is 2.65 bits per heavy atom. The van der Waals surface area contributed by atoms with Crippen LogP contribution in [0.1, 0.15) is 34.9 Å². The molecule has 1 saturated carbocycles. The fourth-order valence-electron chi connectivity index (χ4n) is 3.04. The summed E-state index contributed by atoms with van der Waals surface area (Å²) in [5.41, 5.74) is 3.00. The third-order valence-corrected chi connectivity index (χ3v) is 5.37. The van der Waals surface area contributed by atoms with Crippen LogP contribution in [-0.2, 0) is 0 Å². The van der Waals surface area contributed by atoms with Crippen molar-refractivity contribution in [2.45, 2.75) is 24.9 Å². The molecule has 1 aliphatic heterocycles. The largest absolute Gasteiger partial charge is 0.369 e. The van der Waals surface area contributed by atoms with E-state index in [1.54, 1.807) is 29.9 Å². The molecular weight excluding hydrogens is 342 g/mol. The SMILES string of the molecule is c1csc(C2=NC(c3ccncc3)C(NC3CC3)=Nc3ncccc32)c1. The van der Waals surface area contributed by atoms with E-state index in [2.05, 4.69) is 32.8 Å². The highest BCUT2D eigenvalue weighted by atomic mass is 32.1. The van der Waals surface area contributed by atoms with Gasteiger partial charge in [0.2, 0.25) is 0 Å². The number of nitrogens with one attached hydrogen (secondary N) is 1. The molecule has 1 atom stereocenters. The van der Waals surface area contributed by atoms with E-state index in [9.17, 15) is 0 Å². The van der Waals surface area contributed by atoms with Gasteiger partial charge in [-0.05, 0) is 54.1 Å². The van der Waals surface area contributed by atoms with Crippen molar-refractivity contribution in [3.63, 3.8) is 0 Å². The lowest BCUT2D eigenvalue weighted by Gasteiger charge is -2.17. The van der Waals surface area contributed by atoms with Crippen LogP contribution in [0.2, 0.25) is 0 Å². The molecule has 5 rings (SSSR count). The zero-order chi connectivity index (χ0) is 17.3. The van der Waals surface area contributed by atoms with Crippen molar-refractivity contribution >= 4 is 28.7 Å². The van der Waals surface area contributed by atoms with E-state index in [0.29, 0.717) is 6.04 Å². The summed E-state index contributed by atoms with van der Waals surface area (Å²) in [7, 11) is 0. The summed E-state index contributed by atoms with van der Waals surface area (Å²) >= 11 is 1.68. The van der Waals surface area contributed by atoms with Gasteiger partial charge < -0.3 is 5.32 Å². The first-order valence-electron chi connectivity index (χ1n) is 8.70. The maximum Gasteiger partial charge on any atom is 0.163 e. The van der Waals surface area contributed by atoms with Gasteiger partial charge in [0.05, 0.1) is 10.6 Å². The van der Waals surface area contributed by atoms with Crippen molar-refractivity contribution in [1.82, 2.24) is 15.3 Å². The number of hydrogen-bond donors (Lipinski definition) is 1. The quantitative estimate of drug-likeness (QED) is 0.771. The Balaban J connectivity index is 1.71. The predicted molar refractivity (Wildman–Crippen MR) is 104 cm³/mol. The smallest absolute Gasteiger partial charge is 0.163 e. The Labute approximate surface area is 155 Å². The molecule has 26 heavy (non-hydrogen) atoms. The van der Waals surface area contributed by atoms with Gasteiger partial charge in [-0.25, -0.2) is 9.98 Å². The van der Waals surface area contributed by atoms with Crippen LogP contribution in [0.15, 0.2) is 70.4 Å². The number of thiophene rings is 1. The van der Waals surface area contributed by atoms with E-state index in [1.807, 2.05) is 24.3 Å². The highest BCUT2D eigenvalue weighted by Crippen LogP contribution is 2.32. The van der Waals surface area contributed by atoms with Crippen molar-refractivity contribution in [3.05, 3.63) is 76.4 Å². The minimum atomic E-state index is -0.190. The molecule has 0 radical (unpaired) electrons. The number of aliphatic imine (C=N–C) groups is 2. The van der Waals surface area contributed by atoms with Gasteiger partial charge >= 0.3 is 0 Å². The van der Waals surface area contributed by atoms with Crippen molar-refractivity contribution in [3.8, 4) is 0 Å². The average molecular weight is 359 g/mol. The first kappa shape index (κ1) is 15.4. The summed E-state index contributed by atoms with van der Waals surface area (Å²) < 4.78 is 0. The summed E-state index contributed by atoms with van der Waals surface area (Å²) in [6.07, 6.45) is 7.76. The topological polar surface area (TPSA) is 62.5 Å². The van der Waals surface area contributed by atoms with Crippen molar-refractivity contribution in [1.29, 1.82) is 0 Å². The Morgan fingerprint density at radius 2 is 1.88 bits per heavy atom. The number of rotatable bonds is 3. The molecule has 0 amide bonds. The van der Waals surface area contributed by atoms with Gasteiger partial charge in [0.15, 0.2) is 5.82 Å². The van der Waals surface area contributed by atoms with Gasteiger partial charge in [0.1, 0.15) is 11.9 Å². The molecule has 3 aromatic rings. The molecule has 1 fully saturated rings. The summed E-state index contributed by atoms with van der Waals surface area (Å²) in [4.78, 5) is 19.9. The molecular formula is C20H17N5S. The maximum absolute atomic E-state index is 5.16. The zero-order valence-corrected chi connectivity index (χ0v) is 14.9. The highest BCUT2D eigenvalue weighted by molar-refractivity contribution is 7.12. The molecule has 3 aromatic heterocycles. The minimum absolute atomic E-state index is 0.190. The summed E-state index contributed by atoms with van der Waals surface area (Å²) in [5.74, 6) is 1.59. The number of fused-ring (bicyclic) bond motifs is 1. The molecule has 0 saturated heterocycles. The van der Waals surface area contributed by atoms with Crippen LogP contribution in [0, 0.1) is 0 Å². The van der Waals surface area contributed by atoms with Gasteiger partial charge in [-0.1, -0.05) is 6.07 Å². The van der Waals surface area contributed by atoms with Crippen LogP contribution in [0.5, 0.6) is 0 Å². The van der Waals surface area contributed by atoms with Crippen molar-refractivity contribution in [2.24, 2.45) is 9.98 Å². The van der Waals surface area contributed by atoms with E-state index in [4.69, 9.17) is 9.98 Å². The number of aromatic nitrogens is 2. The molecule has 4 heterocycles. The number of nitrogens with zero attached hydrogens (tertiary/aromatic N) is 4. The van der Waals surface area contributed by atoms with Gasteiger partial charge in [-0.2, -0.15) is 0 Å². The van der Waals surface area contributed by atoms with E-state index in [0.717, 1.165) is 33.4 Å². The van der Waals surface area contributed by atoms with Gasteiger partial charge in [-0.15, -0.1) is 11.3 Å².